The summed E-state index contributed by atoms with van der Waals surface area (Å²) in [5, 5.41) is 0. The minimum atomic E-state index is -3.49. The molecule has 25 heavy (non-hydrogen) atoms. The van der Waals surface area contributed by atoms with Gasteiger partial charge in [-0.3, -0.25) is 0 Å². The van der Waals surface area contributed by atoms with Crippen LogP contribution < -0.4 is 14.2 Å². The fourth-order valence-electron chi connectivity index (χ4n) is 3.16. The number of benzene rings is 2. The smallest absolute Gasteiger partial charge is 0.240 e. The Hall–Kier alpha value is -2.05. The number of nitrogens with one attached hydrogen (secondary N) is 1. The maximum Gasteiger partial charge on any atom is 0.240 e. The van der Waals surface area contributed by atoms with E-state index in [0.29, 0.717) is 29.4 Å². The van der Waals surface area contributed by atoms with Crippen LogP contribution in [0.1, 0.15) is 23.1 Å². The summed E-state index contributed by atoms with van der Waals surface area (Å²) in [6.07, 6.45) is 3.68. The van der Waals surface area contributed by atoms with E-state index in [9.17, 15) is 8.42 Å². The van der Waals surface area contributed by atoms with Crippen LogP contribution in [0.4, 0.5) is 0 Å². The van der Waals surface area contributed by atoms with Crippen LogP contribution in [0, 0.1) is 0 Å². The SMILES string of the molecule is COc1ccc(CCNS(=O)(=O)c2ccc3c(c2)CCC3)cc1OC. The third kappa shape index (κ3) is 3.96. The average molecular weight is 361 g/mol. The minimum Gasteiger partial charge on any atom is -0.493 e. The molecular formula is C19H23NO4S. The number of methoxy groups -OCH3 is 2. The van der Waals surface area contributed by atoms with Crippen LogP contribution in [-0.4, -0.2) is 29.2 Å². The highest BCUT2D eigenvalue weighted by Gasteiger charge is 2.18. The number of hydrogen-bond donors (Lipinski definition) is 1. The van der Waals surface area contributed by atoms with Crippen molar-refractivity contribution in [1.29, 1.82) is 0 Å². The van der Waals surface area contributed by atoms with Crippen molar-refractivity contribution in [3.05, 3.63) is 53.1 Å². The second kappa shape index (κ2) is 7.45. The van der Waals surface area contributed by atoms with Gasteiger partial charge in [0.1, 0.15) is 0 Å². The Morgan fingerprint density at radius 3 is 2.48 bits per heavy atom. The predicted molar refractivity (Wildman–Crippen MR) is 96.9 cm³/mol. The summed E-state index contributed by atoms with van der Waals surface area (Å²) in [5.74, 6) is 1.30. The predicted octanol–water partition coefficient (Wildman–Crippen LogP) is 2.71. The second-order valence-corrected chi connectivity index (χ2v) is 7.89. The summed E-state index contributed by atoms with van der Waals surface area (Å²) in [6, 6.07) is 11.0. The molecule has 0 unspecified atom stereocenters. The van der Waals surface area contributed by atoms with E-state index < -0.39 is 10.0 Å². The fourth-order valence-corrected chi connectivity index (χ4v) is 4.25. The maximum atomic E-state index is 12.5. The van der Waals surface area contributed by atoms with Crippen molar-refractivity contribution in [2.45, 2.75) is 30.6 Å². The third-order valence-electron chi connectivity index (χ3n) is 4.53. The van der Waals surface area contributed by atoms with Gasteiger partial charge in [0.15, 0.2) is 11.5 Å². The molecule has 6 heteroatoms. The lowest BCUT2D eigenvalue weighted by atomic mass is 10.1. The first-order valence-electron chi connectivity index (χ1n) is 8.36. The van der Waals surface area contributed by atoms with E-state index in [1.54, 1.807) is 26.4 Å². The van der Waals surface area contributed by atoms with Crippen molar-refractivity contribution in [3.63, 3.8) is 0 Å². The normalized spacial score (nSPS) is 13.5. The van der Waals surface area contributed by atoms with Gasteiger partial charge in [-0.05, 0) is 66.6 Å². The molecule has 1 aliphatic carbocycles. The molecule has 0 radical (unpaired) electrons. The molecule has 0 heterocycles. The first-order chi connectivity index (χ1) is 12.0. The van der Waals surface area contributed by atoms with E-state index >= 15 is 0 Å². The van der Waals surface area contributed by atoms with Crippen molar-refractivity contribution in [3.8, 4) is 11.5 Å². The number of fused-ring (bicyclic) bond motifs is 1. The lowest BCUT2D eigenvalue weighted by Crippen LogP contribution is -2.26. The highest BCUT2D eigenvalue weighted by molar-refractivity contribution is 7.89. The van der Waals surface area contributed by atoms with Crippen LogP contribution in [0.25, 0.3) is 0 Å². The van der Waals surface area contributed by atoms with Crippen LogP contribution in [0.15, 0.2) is 41.3 Å². The first-order valence-corrected chi connectivity index (χ1v) is 9.84. The van der Waals surface area contributed by atoms with Gasteiger partial charge in [0.25, 0.3) is 0 Å². The van der Waals surface area contributed by atoms with Gasteiger partial charge in [-0.25, -0.2) is 13.1 Å². The van der Waals surface area contributed by atoms with E-state index in [0.717, 1.165) is 30.4 Å². The molecule has 5 nitrogen and oxygen atoms in total. The van der Waals surface area contributed by atoms with Crippen LogP contribution in [0.2, 0.25) is 0 Å². The molecule has 2 aromatic carbocycles. The van der Waals surface area contributed by atoms with Gasteiger partial charge in [0.05, 0.1) is 19.1 Å². The largest absolute Gasteiger partial charge is 0.493 e. The summed E-state index contributed by atoms with van der Waals surface area (Å²) < 4.78 is 38.1. The van der Waals surface area contributed by atoms with E-state index in [1.165, 1.54) is 5.56 Å². The van der Waals surface area contributed by atoms with Crippen LogP contribution in [0.3, 0.4) is 0 Å². The maximum absolute atomic E-state index is 12.5. The molecule has 0 aliphatic heterocycles. The third-order valence-corrected chi connectivity index (χ3v) is 5.99. The Bertz CT molecular complexity index is 862. The van der Waals surface area contributed by atoms with E-state index in [1.807, 2.05) is 24.3 Å². The molecular weight excluding hydrogens is 338 g/mol. The van der Waals surface area contributed by atoms with Crippen LogP contribution in [-0.2, 0) is 29.3 Å². The monoisotopic (exact) mass is 361 g/mol. The van der Waals surface area contributed by atoms with Crippen molar-refractivity contribution in [2.24, 2.45) is 0 Å². The standard InChI is InChI=1S/C19H23NO4S/c1-23-18-9-6-14(12-19(18)24-2)10-11-20-25(21,22)17-8-7-15-4-3-5-16(15)13-17/h6-9,12-13,20H,3-5,10-11H2,1-2H3. The lowest BCUT2D eigenvalue weighted by molar-refractivity contribution is 0.354. The summed E-state index contributed by atoms with van der Waals surface area (Å²) in [5.41, 5.74) is 3.40. The molecule has 1 N–H and O–H groups in total. The molecule has 2 aromatic rings. The first kappa shape index (κ1) is 17.8. The molecule has 0 spiro atoms. The Balaban J connectivity index is 1.65. The molecule has 0 bridgehead atoms. The Morgan fingerprint density at radius 1 is 0.960 bits per heavy atom. The number of ether oxygens (including phenoxy) is 2. The van der Waals surface area contributed by atoms with Crippen molar-refractivity contribution in [1.82, 2.24) is 4.72 Å². The molecule has 0 fully saturated rings. The molecule has 0 atom stereocenters. The molecule has 134 valence electrons. The zero-order valence-corrected chi connectivity index (χ0v) is 15.4. The van der Waals surface area contributed by atoms with Gasteiger partial charge in [-0.2, -0.15) is 0 Å². The van der Waals surface area contributed by atoms with Crippen molar-refractivity contribution in [2.75, 3.05) is 20.8 Å². The van der Waals surface area contributed by atoms with E-state index in [4.69, 9.17) is 9.47 Å². The Labute approximate surface area is 149 Å². The van der Waals surface area contributed by atoms with Crippen LogP contribution in [0.5, 0.6) is 11.5 Å². The molecule has 0 saturated heterocycles. The van der Waals surface area contributed by atoms with Crippen molar-refractivity contribution >= 4 is 10.0 Å². The Kier molecular flexibility index (Phi) is 5.30. The average Bonchev–Trinajstić information content (AvgIpc) is 3.09. The Morgan fingerprint density at radius 2 is 1.72 bits per heavy atom. The van der Waals surface area contributed by atoms with Gasteiger partial charge in [0, 0.05) is 6.54 Å². The molecule has 1 aliphatic rings. The number of sulfonamides is 1. The zero-order chi connectivity index (χ0) is 17.9. The topological polar surface area (TPSA) is 64.6 Å². The van der Waals surface area contributed by atoms with Crippen LogP contribution >= 0.6 is 0 Å². The van der Waals surface area contributed by atoms with Gasteiger partial charge in [-0.15, -0.1) is 0 Å². The van der Waals surface area contributed by atoms with Crippen molar-refractivity contribution < 1.29 is 17.9 Å². The number of aryl methyl sites for hydroxylation is 2. The molecule has 0 aromatic heterocycles. The molecule has 3 rings (SSSR count). The van der Waals surface area contributed by atoms with Gasteiger partial charge >= 0.3 is 0 Å². The second-order valence-electron chi connectivity index (χ2n) is 6.12. The highest BCUT2D eigenvalue weighted by Crippen LogP contribution is 2.28. The summed E-state index contributed by atoms with van der Waals surface area (Å²) in [7, 11) is -0.319. The highest BCUT2D eigenvalue weighted by atomic mass is 32.2. The molecule has 0 amide bonds. The van der Waals surface area contributed by atoms with E-state index in [2.05, 4.69) is 4.72 Å². The quantitative estimate of drug-likeness (QED) is 0.824. The van der Waals surface area contributed by atoms with Gasteiger partial charge in [-0.1, -0.05) is 12.1 Å². The number of hydrogen-bond acceptors (Lipinski definition) is 4. The summed E-state index contributed by atoms with van der Waals surface area (Å²) in [6.45, 7) is 0.328. The lowest BCUT2D eigenvalue weighted by Gasteiger charge is -2.11. The minimum absolute atomic E-state index is 0.328. The summed E-state index contributed by atoms with van der Waals surface area (Å²) in [4.78, 5) is 0.348. The molecule has 0 saturated carbocycles. The van der Waals surface area contributed by atoms with Gasteiger partial charge in [0.2, 0.25) is 10.0 Å². The fraction of sp³-hybridized carbons (Fsp3) is 0.368. The van der Waals surface area contributed by atoms with Gasteiger partial charge < -0.3 is 9.47 Å². The number of rotatable bonds is 7. The van der Waals surface area contributed by atoms with E-state index in [-0.39, 0.29) is 0 Å². The zero-order valence-electron chi connectivity index (χ0n) is 14.5. The summed E-state index contributed by atoms with van der Waals surface area (Å²) >= 11 is 0.